The number of hydrogen-bond donors (Lipinski definition) is 0. The summed E-state index contributed by atoms with van der Waals surface area (Å²) < 4.78 is 10.5. The Kier molecular flexibility index (Phi) is 4.78. The van der Waals surface area contributed by atoms with Crippen molar-refractivity contribution < 1.29 is 14.3 Å². The van der Waals surface area contributed by atoms with Crippen LogP contribution in [0.15, 0.2) is 6.07 Å². The predicted octanol–water partition coefficient (Wildman–Crippen LogP) is 3.38. The standard InChI is InChI=1S/C14H20O3S/c1-3-12-11(14(15)17-4-2)9-13(18-12)10-5-7-16-8-6-10/h9-10H,3-8H2,1-2H3. The maximum atomic E-state index is 11.9. The molecule has 0 bridgehead atoms. The Hall–Kier alpha value is -0.870. The maximum Gasteiger partial charge on any atom is 0.339 e. The first-order valence-corrected chi connectivity index (χ1v) is 7.45. The summed E-state index contributed by atoms with van der Waals surface area (Å²) in [6.45, 7) is 6.03. The fourth-order valence-corrected chi connectivity index (χ4v) is 3.54. The largest absolute Gasteiger partial charge is 0.462 e. The molecule has 0 saturated carbocycles. The minimum atomic E-state index is -0.177. The maximum absolute atomic E-state index is 11.9. The first kappa shape index (κ1) is 13.6. The van der Waals surface area contributed by atoms with E-state index in [9.17, 15) is 4.79 Å². The third kappa shape index (κ3) is 2.93. The van der Waals surface area contributed by atoms with Crippen LogP contribution in [0.25, 0.3) is 0 Å². The van der Waals surface area contributed by atoms with Gasteiger partial charge in [-0.05, 0) is 38.2 Å². The van der Waals surface area contributed by atoms with Gasteiger partial charge in [-0.1, -0.05) is 6.92 Å². The van der Waals surface area contributed by atoms with Crippen LogP contribution in [-0.4, -0.2) is 25.8 Å². The fourth-order valence-electron chi connectivity index (χ4n) is 2.28. The molecule has 2 rings (SSSR count). The summed E-state index contributed by atoms with van der Waals surface area (Å²) >= 11 is 1.76. The molecular weight excluding hydrogens is 248 g/mol. The average molecular weight is 268 g/mol. The Labute approximate surface area is 112 Å². The van der Waals surface area contributed by atoms with Crippen molar-refractivity contribution >= 4 is 17.3 Å². The lowest BCUT2D eigenvalue weighted by atomic mass is 9.98. The molecule has 1 saturated heterocycles. The van der Waals surface area contributed by atoms with E-state index in [-0.39, 0.29) is 5.97 Å². The minimum Gasteiger partial charge on any atom is -0.462 e. The highest BCUT2D eigenvalue weighted by Gasteiger charge is 2.22. The number of hydrogen-bond acceptors (Lipinski definition) is 4. The third-order valence-corrected chi connectivity index (χ3v) is 4.71. The van der Waals surface area contributed by atoms with Crippen molar-refractivity contribution in [3.05, 3.63) is 21.4 Å². The highest BCUT2D eigenvalue weighted by Crippen LogP contribution is 2.35. The van der Waals surface area contributed by atoms with Crippen LogP contribution < -0.4 is 0 Å². The van der Waals surface area contributed by atoms with Gasteiger partial charge in [0, 0.05) is 23.0 Å². The van der Waals surface area contributed by atoms with Gasteiger partial charge in [0.05, 0.1) is 12.2 Å². The summed E-state index contributed by atoms with van der Waals surface area (Å²) in [7, 11) is 0. The van der Waals surface area contributed by atoms with Crippen LogP contribution in [0, 0.1) is 0 Å². The topological polar surface area (TPSA) is 35.5 Å². The highest BCUT2D eigenvalue weighted by atomic mass is 32.1. The zero-order valence-corrected chi connectivity index (χ0v) is 11.8. The minimum absolute atomic E-state index is 0.177. The number of carbonyl (C=O) groups excluding carboxylic acids is 1. The number of carbonyl (C=O) groups is 1. The lowest BCUT2D eigenvalue weighted by Crippen LogP contribution is -2.13. The van der Waals surface area contributed by atoms with Crippen LogP contribution in [0.5, 0.6) is 0 Å². The highest BCUT2D eigenvalue weighted by molar-refractivity contribution is 7.12. The zero-order chi connectivity index (χ0) is 13.0. The van der Waals surface area contributed by atoms with Crippen molar-refractivity contribution in [2.45, 2.75) is 39.0 Å². The second-order valence-electron chi connectivity index (χ2n) is 4.45. The molecule has 0 radical (unpaired) electrons. The molecule has 3 nitrogen and oxygen atoms in total. The van der Waals surface area contributed by atoms with Gasteiger partial charge in [-0.15, -0.1) is 11.3 Å². The molecule has 0 spiro atoms. The van der Waals surface area contributed by atoms with Crippen molar-refractivity contribution in [1.82, 2.24) is 0 Å². The van der Waals surface area contributed by atoms with Crippen molar-refractivity contribution in [2.75, 3.05) is 19.8 Å². The molecule has 0 amide bonds. The summed E-state index contributed by atoms with van der Waals surface area (Å²) in [6, 6.07) is 2.04. The van der Waals surface area contributed by atoms with Crippen LogP contribution in [0.4, 0.5) is 0 Å². The molecule has 1 aromatic heterocycles. The van der Waals surface area contributed by atoms with Gasteiger partial charge in [-0.25, -0.2) is 4.79 Å². The monoisotopic (exact) mass is 268 g/mol. The Balaban J connectivity index is 2.19. The molecule has 1 aliphatic heterocycles. The predicted molar refractivity (Wildman–Crippen MR) is 72.4 cm³/mol. The molecule has 4 heteroatoms. The van der Waals surface area contributed by atoms with Gasteiger partial charge >= 0.3 is 5.97 Å². The van der Waals surface area contributed by atoms with E-state index in [0.29, 0.717) is 12.5 Å². The van der Waals surface area contributed by atoms with E-state index < -0.39 is 0 Å². The van der Waals surface area contributed by atoms with Crippen LogP contribution in [0.3, 0.4) is 0 Å². The first-order valence-electron chi connectivity index (χ1n) is 6.63. The molecular formula is C14H20O3S. The lowest BCUT2D eigenvalue weighted by Gasteiger charge is -2.20. The lowest BCUT2D eigenvalue weighted by molar-refractivity contribution is 0.0525. The van der Waals surface area contributed by atoms with E-state index in [4.69, 9.17) is 9.47 Å². The molecule has 1 aromatic rings. The van der Waals surface area contributed by atoms with Gasteiger partial charge in [-0.3, -0.25) is 0 Å². The SMILES string of the molecule is CCOC(=O)c1cc(C2CCOCC2)sc1CC. The van der Waals surface area contributed by atoms with E-state index >= 15 is 0 Å². The molecule has 0 unspecified atom stereocenters. The van der Waals surface area contributed by atoms with Gasteiger partial charge in [0.15, 0.2) is 0 Å². The van der Waals surface area contributed by atoms with E-state index in [1.165, 1.54) is 4.88 Å². The summed E-state index contributed by atoms with van der Waals surface area (Å²) in [5, 5.41) is 0. The molecule has 0 aromatic carbocycles. The second-order valence-corrected chi connectivity index (χ2v) is 5.61. The van der Waals surface area contributed by atoms with E-state index in [2.05, 4.69) is 6.92 Å². The van der Waals surface area contributed by atoms with Crippen molar-refractivity contribution in [3.8, 4) is 0 Å². The molecule has 100 valence electrons. The van der Waals surface area contributed by atoms with Gasteiger partial charge in [0.25, 0.3) is 0 Å². The molecule has 0 aliphatic carbocycles. The number of aryl methyl sites for hydroxylation is 1. The first-order chi connectivity index (χ1) is 8.76. The van der Waals surface area contributed by atoms with Crippen LogP contribution in [0.2, 0.25) is 0 Å². The molecule has 1 aliphatic rings. The van der Waals surface area contributed by atoms with E-state index in [0.717, 1.165) is 42.9 Å². The molecule has 1 fully saturated rings. The number of thiophene rings is 1. The van der Waals surface area contributed by atoms with Gasteiger partial charge < -0.3 is 9.47 Å². The molecule has 18 heavy (non-hydrogen) atoms. The molecule has 0 atom stereocenters. The smallest absolute Gasteiger partial charge is 0.339 e. The Morgan fingerprint density at radius 2 is 2.17 bits per heavy atom. The molecule has 0 N–H and O–H groups in total. The number of ether oxygens (including phenoxy) is 2. The number of esters is 1. The summed E-state index contributed by atoms with van der Waals surface area (Å²) in [6.07, 6.45) is 3.01. The van der Waals surface area contributed by atoms with Crippen LogP contribution >= 0.6 is 11.3 Å². The summed E-state index contributed by atoms with van der Waals surface area (Å²) in [5.74, 6) is 0.376. The quantitative estimate of drug-likeness (QED) is 0.785. The zero-order valence-electron chi connectivity index (χ0n) is 11.0. The van der Waals surface area contributed by atoms with Gasteiger partial charge in [0.1, 0.15) is 0 Å². The van der Waals surface area contributed by atoms with Crippen molar-refractivity contribution in [3.63, 3.8) is 0 Å². The van der Waals surface area contributed by atoms with Crippen molar-refractivity contribution in [1.29, 1.82) is 0 Å². The van der Waals surface area contributed by atoms with Crippen LogP contribution in [0.1, 0.15) is 52.7 Å². The third-order valence-electron chi connectivity index (χ3n) is 3.27. The normalized spacial score (nSPS) is 16.8. The second kappa shape index (κ2) is 6.34. The fraction of sp³-hybridized carbons (Fsp3) is 0.643. The van der Waals surface area contributed by atoms with Crippen molar-refractivity contribution in [2.24, 2.45) is 0 Å². The Bertz CT molecular complexity index is 405. The van der Waals surface area contributed by atoms with E-state index in [1.807, 2.05) is 13.0 Å². The van der Waals surface area contributed by atoms with Gasteiger partial charge in [0.2, 0.25) is 0 Å². The van der Waals surface area contributed by atoms with Crippen LogP contribution in [-0.2, 0) is 15.9 Å². The summed E-state index contributed by atoms with van der Waals surface area (Å²) in [4.78, 5) is 14.3. The molecule has 2 heterocycles. The van der Waals surface area contributed by atoms with E-state index in [1.54, 1.807) is 11.3 Å². The number of rotatable bonds is 4. The Morgan fingerprint density at radius 3 is 2.78 bits per heavy atom. The average Bonchev–Trinajstić information content (AvgIpc) is 2.84. The summed E-state index contributed by atoms with van der Waals surface area (Å²) in [5.41, 5.74) is 0.769. The van der Waals surface area contributed by atoms with Gasteiger partial charge in [-0.2, -0.15) is 0 Å². The Morgan fingerprint density at radius 1 is 1.44 bits per heavy atom.